The van der Waals surface area contributed by atoms with Crippen molar-refractivity contribution >= 4 is 17.4 Å². The fraction of sp³-hybridized carbons (Fsp3) is 0.478. The summed E-state index contributed by atoms with van der Waals surface area (Å²) in [6.07, 6.45) is 1.75. The second-order valence-corrected chi connectivity index (χ2v) is 9.36. The molecule has 8 nitrogen and oxygen atoms in total. The number of aromatic nitrogens is 5. The van der Waals surface area contributed by atoms with Gasteiger partial charge < -0.3 is 14.4 Å². The van der Waals surface area contributed by atoms with Gasteiger partial charge in [-0.15, -0.1) is 0 Å². The van der Waals surface area contributed by atoms with Gasteiger partial charge in [0.25, 0.3) is 0 Å². The fourth-order valence-corrected chi connectivity index (χ4v) is 4.95. The average Bonchev–Trinajstić information content (AvgIpc) is 3.44. The lowest BCUT2D eigenvalue weighted by atomic mass is 10.0. The van der Waals surface area contributed by atoms with E-state index in [1.54, 1.807) is 25.2 Å². The number of aryl methyl sites for hydroxylation is 2. The monoisotopic (exact) mass is 471 g/mol. The van der Waals surface area contributed by atoms with Gasteiger partial charge in [-0.2, -0.15) is 18.3 Å². The molecule has 5 heterocycles. The summed E-state index contributed by atoms with van der Waals surface area (Å²) < 4.78 is 46.0. The molecule has 1 amide bonds. The molecule has 1 saturated carbocycles. The zero-order valence-electron chi connectivity index (χ0n) is 18.9. The number of amides is 1. The van der Waals surface area contributed by atoms with Crippen LogP contribution in [0.1, 0.15) is 48.0 Å². The summed E-state index contributed by atoms with van der Waals surface area (Å²) in [4.78, 5) is 25.3. The molecule has 2 aliphatic heterocycles. The molecule has 0 atom stereocenters. The Labute approximate surface area is 194 Å². The summed E-state index contributed by atoms with van der Waals surface area (Å²) in [5.74, 6) is 1.84. The highest BCUT2D eigenvalue weighted by atomic mass is 19.4. The molecule has 11 heteroatoms. The van der Waals surface area contributed by atoms with Gasteiger partial charge in [0.1, 0.15) is 12.4 Å². The van der Waals surface area contributed by atoms with E-state index in [1.165, 1.54) is 16.9 Å². The van der Waals surface area contributed by atoms with Gasteiger partial charge in [0.15, 0.2) is 5.82 Å². The van der Waals surface area contributed by atoms with Crippen LogP contribution in [0, 0.1) is 0 Å². The van der Waals surface area contributed by atoms with Gasteiger partial charge in [0, 0.05) is 38.3 Å². The van der Waals surface area contributed by atoms with Gasteiger partial charge in [-0.3, -0.25) is 9.48 Å². The number of likely N-dealkylation sites (N-methyl/N-ethyl adjacent to an activating group) is 1. The topological polar surface area (TPSA) is 72.1 Å². The minimum absolute atomic E-state index is 0.0135. The highest BCUT2D eigenvalue weighted by Gasteiger charge is 2.40. The first-order valence-electron chi connectivity index (χ1n) is 11.4. The molecule has 34 heavy (non-hydrogen) atoms. The van der Waals surface area contributed by atoms with E-state index >= 15 is 0 Å². The lowest BCUT2D eigenvalue weighted by Gasteiger charge is -2.33. The zero-order chi connectivity index (χ0) is 23.8. The highest BCUT2D eigenvalue weighted by molar-refractivity contribution is 5.79. The van der Waals surface area contributed by atoms with E-state index in [9.17, 15) is 18.0 Å². The minimum Gasteiger partial charge on any atom is -0.338 e. The van der Waals surface area contributed by atoms with Crippen molar-refractivity contribution in [1.82, 2.24) is 29.2 Å². The Morgan fingerprint density at radius 3 is 2.59 bits per heavy atom. The van der Waals surface area contributed by atoms with E-state index < -0.39 is 11.7 Å². The van der Waals surface area contributed by atoms with Gasteiger partial charge in [0.2, 0.25) is 5.91 Å². The number of rotatable bonds is 3. The molecule has 0 unspecified atom stereocenters. The smallest absolute Gasteiger partial charge is 0.338 e. The maximum absolute atomic E-state index is 14.2. The molecule has 0 saturated heterocycles. The van der Waals surface area contributed by atoms with E-state index in [0.717, 1.165) is 30.8 Å². The number of carbonyl (C=O) groups is 1. The van der Waals surface area contributed by atoms with Crippen molar-refractivity contribution in [1.29, 1.82) is 0 Å². The van der Waals surface area contributed by atoms with Gasteiger partial charge in [-0.05, 0) is 31.7 Å². The molecule has 1 fully saturated rings. The van der Waals surface area contributed by atoms with Gasteiger partial charge >= 0.3 is 6.18 Å². The minimum atomic E-state index is -4.57. The maximum atomic E-state index is 14.2. The molecule has 6 rings (SSSR count). The molecule has 178 valence electrons. The molecule has 0 spiro atoms. The average molecular weight is 471 g/mol. The van der Waals surface area contributed by atoms with Crippen LogP contribution in [0.2, 0.25) is 0 Å². The number of hydrogen-bond acceptors (Lipinski definition) is 5. The lowest BCUT2D eigenvalue weighted by Crippen LogP contribution is -2.37. The molecular formula is C23H24F3N7O. The van der Waals surface area contributed by atoms with Crippen LogP contribution in [0.4, 0.5) is 24.7 Å². The lowest BCUT2D eigenvalue weighted by molar-refractivity contribution is -0.137. The summed E-state index contributed by atoms with van der Waals surface area (Å²) in [5.41, 5.74) is 1.39. The summed E-state index contributed by atoms with van der Waals surface area (Å²) in [6, 6.07) is 1.21. The Morgan fingerprint density at radius 2 is 1.91 bits per heavy atom. The van der Waals surface area contributed by atoms with Crippen molar-refractivity contribution < 1.29 is 18.0 Å². The maximum Gasteiger partial charge on any atom is 0.418 e. The van der Waals surface area contributed by atoms with E-state index in [4.69, 9.17) is 4.98 Å². The number of fused-ring (bicyclic) bond motifs is 2. The molecule has 0 N–H and O–H groups in total. The van der Waals surface area contributed by atoms with Crippen molar-refractivity contribution in [3.8, 4) is 11.3 Å². The largest absolute Gasteiger partial charge is 0.418 e. The summed E-state index contributed by atoms with van der Waals surface area (Å²) in [7, 11) is 3.41. The van der Waals surface area contributed by atoms with Crippen LogP contribution >= 0.6 is 0 Å². The summed E-state index contributed by atoms with van der Waals surface area (Å²) >= 11 is 0. The number of imidazole rings is 1. The van der Waals surface area contributed by atoms with Gasteiger partial charge in [-0.25, -0.2) is 9.97 Å². The first kappa shape index (κ1) is 21.2. The molecule has 0 bridgehead atoms. The van der Waals surface area contributed by atoms with Crippen LogP contribution in [0.15, 0.2) is 18.5 Å². The number of pyridine rings is 1. The van der Waals surface area contributed by atoms with Crippen LogP contribution < -0.4 is 4.90 Å². The Balaban J connectivity index is 1.51. The first-order chi connectivity index (χ1) is 16.2. The van der Waals surface area contributed by atoms with Crippen LogP contribution in [-0.4, -0.2) is 48.7 Å². The standard InChI is InChI=1S/C23H24F3N7O/c1-30-11-18-22(29-21(13-5-6-13)33(18)12-19(30)34)32-7-3-4-16-17(32)8-15(23(24,25)26)20(28-16)14-9-27-31(2)10-14/h8-10,13H,3-7,11-12H2,1-2H3. The van der Waals surface area contributed by atoms with Crippen molar-refractivity contribution in [3.63, 3.8) is 0 Å². The summed E-state index contributed by atoms with van der Waals surface area (Å²) in [6.45, 7) is 1.15. The quantitative estimate of drug-likeness (QED) is 0.584. The van der Waals surface area contributed by atoms with Crippen LogP contribution in [0.5, 0.6) is 0 Å². The molecule has 3 aromatic heterocycles. The molecule has 0 aromatic carbocycles. The molecule has 3 aliphatic rings. The van der Waals surface area contributed by atoms with Gasteiger partial charge in [0.05, 0.1) is 41.1 Å². The molecule has 1 aliphatic carbocycles. The van der Waals surface area contributed by atoms with Gasteiger partial charge in [-0.1, -0.05) is 0 Å². The molecule has 0 radical (unpaired) electrons. The van der Waals surface area contributed by atoms with E-state index in [2.05, 4.69) is 10.1 Å². The number of hydrogen-bond donors (Lipinski definition) is 0. The van der Waals surface area contributed by atoms with Crippen molar-refractivity contribution in [2.75, 3.05) is 18.5 Å². The highest BCUT2D eigenvalue weighted by Crippen LogP contribution is 2.46. The predicted molar refractivity (Wildman–Crippen MR) is 117 cm³/mol. The van der Waals surface area contributed by atoms with Crippen LogP contribution in [-0.2, 0) is 37.5 Å². The Kier molecular flexibility index (Phi) is 4.56. The van der Waals surface area contributed by atoms with Crippen LogP contribution in [0.25, 0.3) is 11.3 Å². The van der Waals surface area contributed by atoms with Crippen molar-refractivity contribution in [2.24, 2.45) is 7.05 Å². The Morgan fingerprint density at radius 1 is 1.12 bits per heavy atom. The Bertz CT molecular complexity index is 1300. The number of halogens is 3. The zero-order valence-corrected chi connectivity index (χ0v) is 18.9. The fourth-order valence-electron chi connectivity index (χ4n) is 4.95. The second-order valence-electron chi connectivity index (χ2n) is 9.36. The SMILES string of the molecule is CN1Cc2c(N3CCCc4nc(-c5cnn(C)c5)c(C(F)(F)F)cc43)nc(C3CC3)n2CC1=O. The van der Waals surface area contributed by atoms with Crippen molar-refractivity contribution in [2.45, 2.75) is 50.9 Å². The van der Waals surface area contributed by atoms with Crippen molar-refractivity contribution in [3.05, 3.63) is 41.2 Å². The number of anilines is 2. The number of nitrogens with zero attached hydrogens (tertiary/aromatic N) is 7. The van der Waals surface area contributed by atoms with E-state index in [-0.39, 0.29) is 18.1 Å². The molecule has 3 aromatic rings. The van der Waals surface area contributed by atoms with E-state index in [1.807, 2.05) is 9.47 Å². The predicted octanol–water partition coefficient (Wildman–Crippen LogP) is 3.63. The third-order valence-corrected chi connectivity index (χ3v) is 6.83. The second kappa shape index (κ2) is 7.31. The third-order valence-electron chi connectivity index (χ3n) is 6.83. The summed E-state index contributed by atoms with van der Waals surface area (Å²) in [5, 5.41) is 4.03. The van der Waals surface area contributed by atoms with E-state index in [0.29, 0.717) is 48.2 Å². The number of carbonyl (C=O) groups excluding carboxylic acids is 1. The molecular weight excluding hydrogens is 447 g/mol. The number of alkyl halides is 3. The van der Waals surface area contributed by atoms with Crippen LogP contribution in [0.3, 0.4) is 0 Å². The first-order valence-corrected chi connectivity index (χ1v) is 11.4. The third kappa shape index (κ3) is 3.36. The Hall–Kier alpha value is -3.37. The normalized spacial score (nSPS) is 18.3.